The smallest absolute Gasteiger partial charge is 0.240 e. The van der Waals surface area contributed by atoms with E-state index in [2.05, 4.69) is 4.72 Å². The number of nitrogens with one attached hydrogen (secondary N) is 1. The zero-order valence-electron chi connectivity index (χ0n) is 11.1. The van der Waals surface area contributed by atoms with Crippen molar-refractivity contribution in [3.63, 3.8) is 0 Å². The molecule has 1 aliphatic rings. The first-order chi connectivity index (χ1) is 9.53. The van der Waals surface area contributed by atoms with E-state index in [4.69, 9.17) is 10.5 Å². The Morgan fingerprint density at radius 3 is 2.85 bits per heavy atom. The molecule has 1 aromatic rings. The van der Waals surface area contributed by atoms with Crippen molar-refractivity contribution in [3.05, 3.63) is 29.6 Å². The highest BCUT2D eigenvalue weighted by Crippen LogP contribution is 2.16. The van der Waals surface area contributed by atoms with Crippen LogP contribution in [0.1, 0.15) is 24.8 Å². The van der Waals surface area contributed by atoms with Crippen molar-refractivity contribution < 1.29 is 17.5 Å². The van der Waals surface area contributed by atoms with Gasteiger partial charge in [0.1, 0.15) is 5.82 Å². The van der Waals surface area contributed by atoms with Gasteiger partial charge in [-0.15, -0.1) is 0 Å². The van der Waals surface area contributed by atoms with Crippen molar-refractivity contribution in [3.8, 4) is 0 Å². The summed E-state index contributed by atoms with van der Waals surface area (Å²) < 4.78 is 45.5. The fraction of sp³-hybridized carbons (Fsp3) is 0.538. The minimum absolute atomic E-state index is 0.0233. The molecule has 1 saturated heterocycles. The van der Waals surface area contributed by atoms with Gasteiger partial charge in [-0.25, -0.2) is 17.5 Å². The molecule has 7 heteroatoms. The molecule has 0 radical (unpaired) electrons. The topological polar surface area (TPSA) is 81.4 Å². The summed E-state index contributed by atoms with van der Waals surface area (Å²) in [6.45, 7) is 0.860. The molecule has 0 saturated carbocycles. The Kier molecular flexibility index (Phi) is 5.09. The highest BCUT2D eigenvalue weighted by molar-refractivity contribution is 7.89. The van der Waals surface area contributed by atoms with Crippen LogP contribution in [0.25, 0.3) is 0 Å². The van der Waals surface area contributed by atoms with E-state index in [1.807, 2.05) is 0 Å². The fourth-order valence-electron chi connectivity index (χ4n) is 2.13. The highest BCUT2D eigenvalue weighted by atomic mass is 32.2. The first kappa shape index (κ1) is 15.4. The third kappa shape index (κ3) is 3.76. The second kappa shape index (κ2) is 6.62. The molecule has 1 fully saturated rings. The molecule has 1 atom stereocenters. The van der Waals surface area contributed by atoms with Gasteiger partial charge in [0, 0.05) is 25.3 Å². The van der Waals surface area contributed by atoms with Gasteiger partial charge in [0.15, 0.2) is 0 Å². The Bertz CT molecular complexity index is 557. The predicted octanol–water partition coefficient (Wildman–Crippen LogP) is 1.13. The highest BCUT2D eigenvalue weighted by Gasteiger charge is 2.20. The summed E-state index contributed by atoms with van der Waals surface area (Å²) in [5, 5.41) is 0. The molecule has 3 N–H and O–H groups in total. The molecule has 0 amide bonds. The Balaban J connectivity index is 2.05. The standard InChI is InChI=1S/C13H19FN2O3S/c14-13-5-4-12(7-10(13)8-15)20(17,18)16-9-11-3-1-2-6-19-11/h4-5,7,11,16H,1-3,6,8-9,15H2. The summed E-state index contributed by atoms with van der Waals surface area (Å²) in [7, 11) is -3.66. The van der Waals surface area contributed by atoms with Gasteiger partial charge in [-0.1, -0.05) is 0 Å². The van der Waals surface area contributed by atoms with Crippen molar-refractivity contribution in [2.75, 3.05) is 13.2 Å². The lowest BCUT2D eigenvalue weighted by molar-refractivity contribution is 0.0200. The first-order valence-electron chi connectivity index (χ1n) is 6.62. The molecule has 1 aliphatic heterocycles. The fourth-order valence-corrected chi connectivity index (χ4v) is 3.25. The number of halogens is 1. The summed E-state index contributed by atoms with van der Waals surface area (Å²) in [4.78, 5) is 0.0233. The van der Waals surface area contributed by atoms with Crippen LogP contribution in [-0.2, 0) is 21.3 Å². The number of benzene rings is 1. The van der Waals surface area contributed by atoms with Gasteiger partial charge >= 0.3 is 0 Å². The monoisotopic (exact) mass is 302 g/mol. The lowest BCUT2D eigenvalue weighted by atomic mass is 10.1. The van der Waals surface area contributed by atoms with Gasteiger partial charge in [-0.2, -0.15) is 0 Å². The maximum absolute atomic E-state index is 13.3. The van der Waals surface area contributed by atoms with Gasteiger partial charge in [0.2, 0.25) is 10.0 Å². The van der Waals surface area contributed by atoms with E-state index in [0.717, 1.165) is 25.3 Å². The van der Waals surface area contributed by atoms with Crippen molar-refractivity contribution >= 4 is 10.0 Å². The van der Waals surface area contributed by atoms with Gasteiger partial charge < -0.3 is 10.5 Å². The van der Waals surface area contributed by atoms with Crippen molar-refractivity contribution in [1.29, 1.82) is 0 Å². The average Bonchev–Trinajstić information content (AvgIpc) is 2.46. The molecule has 1 heterocycles. The van der Waals surface area contributed by atoms with Crippen molar-refractivity contribution in [1.82, 2.24) is 4.72 Å². The molecule has 0 spiro atoms. The third-order valence-electron chi connectivity index (χ3n) is 3.32. The molecular formula is C13H19FN2O3S. The van der Waals surface area contributed by atoms with Crippen LogP contribution in [0.15, 0.2) is 23.1 Å². The van der Waals surface area contributed by atoms with Crippen molar-refractivity contribution in [2.24, 2.45) is 5.73 Å². The zero-order valence-corrected chi connectivity index (χ0v) is 12.0. The molecule has 112 valence electrons. The van der Waals surface area contributed by atoms with Gasteiger partial charge in [-0.3, -0.25) is 0 Å². The van der Waals surface area contributed by atoms with Crippen LogP contribution >= 0.6 is 0 Å². The predicted molar refractivity (Wildman–Crippen MR) is 73.1 cm³/mol. The van der Waals surface area contributed by atoms with Gasteiger partial charge in [0.05, 0.1) is 11.0 Å². The minimum Gasteiger partial charge on any atom is -0.377 e. The SMILES string of the molecule is NCc1cc(S(=O)(=O)NCC2CCCCO2)ccc1F. The maximum atomic E-state index is 13.3. The molecular weight excluding hydrogens is 283 g/mol. The number of sulfonamides is 1. The first-order valence-corrected chi connectivity index (χ1v) is 8.11. The van der Waals surface area contributed by atoms with E-state index in [9.17, 15) is 12.8 Å². The van der Waals surface area contributed by atoms with E-state index in [1.54, 1.807) is 0 Å². The van der Waals surface area contributed by atoms with Gasteiger partial charge in [-0.05, 0) is 37.5 Å². The van der Waals surface area contributed by atoms with Crippen LogP contribution in [0.4, 0.5) is 4.39 Å². The quantitative estimate of drug-likeness (QED) is 0.854. The maximum Gasteiger partial charge on any atom is 0.240 e. The van der Waals surface area contributed by atoms with E-state index < -0.39 is 15.8 Å². The molecule has 1 unspecified atom stereocenters. The number of hydrogen-bond acceptors (Lipinski definition) is 4. The largest absolute Gasteiger partial charge is 0.377 e. The number of nitrogens with two attached hydrogens (primary N) is 1. The second-order valence-corrected chi connectivity index (χ2v) is 6.56. The third-order valence-corrected chi connectivity index (χ3v) is 4.74. The molecule has 20 heavy (non-hydrogen) atoms. The molecule has 0 aromatic heterocycles. The van der Waals surface area contributed by atoms with E-state index in [0.29, 0.717) is 6.61 Å². The molecule has 1 aromatic carbocycles. The molecule has 2 rings (SSSR count). The molecule has 0 bridgehead atoms. The normalized spacial score (nSPS) is 20.0. The van der Waals surface area contributed by atoms with Crippen LogP contribution < -0.4 is 10.5 Å². The second-order valence-electron chi connectivity index (χ2n) is 4.80. The summed E-state index contributed by atoms with van der Waals surface area (Å²) in [6, 6.07) is 3.62. The van der Waals surface area contributed by atoms with Crippen LogP contribution in [0, 0.1) is 5.82 Å². The Morgan fingerprint density at radius 2 is 2.20 bits per heavy atom. The number of ether oxygens (including phenoxy) is 1. The van der Waals surface area contributed by atoms with E-state index in [-0.39, 0.29) is 29.7 Å². The summed E-state index contributed by atoms with van der Waals surface area (Å²) in [5.74, 6) is -0.498. The lowest BCUT2D eigenvalue weighted by Gasteiger charge is -2.22. The summed E-state index contributed by atoms with van der Waals surface area (Å²) in [6.07, 6.45) is 2.81. The lowest BCUT2D eigenvalue weighted by Crippen LogP contribution is -2.35. The molecule has 0 aliphatic carbocycles. The molecule has 5 nitrogen and oxygen atoms in total. The Morgan fingerprint density at radius 1 is 1.40 bits per heavy atom. The van der Waals surface area contributed by atoms with Crippen LogP contribution in [0.5, 0.6) is 0 Å². The van der Waals surface area contributed by atoms with E-state index in [1.165, 1.54) is 12.1 Å². The number of hydrogen-bond donors (Lipinski definition) is 2. The van der Waals surface area contributed by atoms with Crippen LogP contribution in [0.2, 0.25) is 0 Å². The number of rotatable bonds is 5. The van der Waals surface area contributed by atoms with Crippen molar-refractivity contribution in [2.45, 2.75) is 36.8 Å². The summed E-state index contributed by atoms with van der Waals surface area (Å²) in [5.41, 5.74) is 5.56. The van der Waals surface area contributed by atoms with Gasteiger partial charge in [0.25, 0.3) is 0 Å². The average molecular weight is 302 g/mol. The van der Waals surface area contributed by atoms with E-state index >= 15 is 0 Å². The zero-order chi connectivity index (χ0) is 14.6. The van der Waals surface area contributed by atoms with Crippen LogP contribution in [0.3, 0.4) is 0 Å². The Hall–Kier alpha value is -1.02. The Labute approximate surface area is 118 Å². The minimum atomic E-state index is -3.66. The summed E-state index contributed by atoms with van der Waals surface area (Å²) >= 11 is 0. The van der Waals surface area contributed by atoms with Crippen LogP contribution in [-0.4, -0.2) is 27.7 Å².